The van der Waals surface area contributed by atoms with Crippen molar-refractivity contribution < 1.29 is 80.2 Å². The zero-order valence-corrected chi connectivity index (χ0v) is 58.3. The molecule has 0 aliphatic rings. The summed E-state index contributed by atoms with van der Waals surface area (Å²) in [5, 5.41) is 10.6. The number of carbonyl (C=O) groups excluding carboxylic acids is 4. The lowest BCUT2D eigenvalue weighted by atomic mass is 10.0. The molecule has 3 N–H and O–H groups in total. The molecular weight excluding hydrogens is 1150 g/mol. The van der Waals surface area contributed by atoms with Gasteiger partial charge in [-0.15, -0.1) is 0 Å². The molecule has 0 rings (SSSR count). The minimum Gasteiger partial charge on any atom is -0.462 e. The number of phosphoric ester groups is 2. The third kappa shape index (κ3) is 62.6. The van der Waals surface area contributed by atoms with Crippen LogP contribution < -0.4 is 0 Å². The van der Waals surface area contributed by atoms with Crippen molar-refractivity contribution in [2.45, 2.75) is 356 Å². The lowest BCUT2D eigenvalue weighted by molar-refractivity contribution is -0.161. The Morgan fingerprint density at radius 3 is 0.782 bits per heavy atom. The Balaban J connectivity index is 5.25. The minimum absolute atomic E-state index is 0.104. The van der Waals surface area contributed by atoms with E-state index in [0.29, 0.717) is 25.7 Å². The largest absolute Gasteiger partial charge is 0.472 e. The van der Waals surface area contributed by atoms with E-state index in [9.17, 15) is 43.2 Å². The fourth-order valence-electron chi connectivity index (χ4n) is 10.2. The Labute approximate surface area is 530 Å². The first-order valence-electron chi connectivity index (χ1n) is 35.3. The van der Waals surface area contributed by atoms with E-state index < -0.39 is 97.5 Å². The van der Waals surface area contributed by atoms with Crippen LogP contribution in [0, 0.1) is 17.8 Å². The highest BCUT2D eigenvalue weighted by molar-refractivity contribution is 7.47. The Morgan fingerprint density at radius 1 is 0.310 bits per heavy atom. The van der Waals surface area contributed by atoms with E-state index >= 15 is 0 Å². The molecule has 17 nitrogen and oxygen atoms in total. The molecular formula is C68H132O17P2. The maximum Gasteiger partial charge on any atom is 0.472 e. The van der Waals surface area contributed by atoms with Crippen molar-refractivity contribution in [2.24, 2.45) is 17.8 Å². The SMILES string of the molecule is CCCCCCCCCCCCCCCCC(=O)O[C@H](COC(=O)CCCCCCCCCCC(C)C)COP(=O)(O)OC[C@@H](O)COP(=O)(O)OC[C@@H](COC(=O)CCCCCCCCCCC(C)C)OC(=O)CCCCCCCCCCC(C)C. The molecule has 0 aromatic heterocycles. The summed E-state index contributed by atoms with van der Waals surface area (Å²) >= 11 is 0. The summed E-state index contributed by atoms with van der Waals surface area (Å²) in [5.41, 5.74) is 0. The average molecular weight is 1280 g/mol. The predicted molar refractivity (Wildman–Crippen MR) is 349 cm³/mol. The van der Waals surface area contributed by atoms with Crippen molar-refractivity contribution in [3.05, 3.63) is 0 Å². The average Bonchev–Trinajstić information content (AvgIpc) is 3.68. The third-order valence-electron chi connectivity index (χ3n) is 15.6. The number of unbranched alkanes of at least 4 members (excludes halogenated alkanes) is 34. The molecule has 0 bridgehead atoms. The molecule has 19 heteroatoms. The molecule has 0 aliphatic heterocycles. The number of hydrogen-bond acceptors (Lipinski definition) is 15. The lowest BCUT2D eigenvalue weighted by Crippen LogP contribution is -2.30. The molecule has 516 valence electrons. The molecule has 0 aromatic carbocycles. The number of aliphatic hydroxyl groups is 1. The fourth-order valence-corrected chi connectivity index (χ4v) is 11.8. The second-order valence-electron chi connectivity index (χ2n) is 26.0. The van der Waals surface area contributed by atoms with Gasteiger partial charge in [0.25, 0.3) is 0 Å². The van der Waals surface area contributed by atoms with E-state index in [4.69, 9.17) is 37.0 Å². The Hall–Kier alpha value is -1.94. The second kappa shape index (κ2) is 59.1. The van der Waals surface area contributed by atoms with Crippen LogP contribution in [0.5, 0.6) is 0 Å². The van der Waals surface area contributed by atoms with E-state index in [1.54, 1.807) is 0 Å². The summed E-state index contributed by atoms with van der Waals surface area (Å²) in [6, 6.07) is 0. The zero-order chi connectivity index (χ0) is 64.5. The summed E-state index contributed by atoms with van der Waals surface area (Å²) in [5.74, 6) is 0.0403. The highest BCUT2D eigenvalue weighted by Gasteiger charge is 2.30. The first kappa shape index (κ1) is 85.1. The van der Waals surface area contributed by atoms with Crippen LogP contribution in [0.25, 0.3) is 0 Å². The Morgan fingerprint density at radius 2 is 0.529 bits per heavy atom. The summed E-state index contributed by atoms with van der Waals surface area (Å²) in [6.07, 6.45) is 41.7. The minimum atomic E-state index is -4.95. The van der Waals surface area contributed by atoms with Gasteiger partial charge in [0, 0.05) is 25.7 Å². The lowest BCUT2D eigenvalue weighted by Gasteiger charge is -2.21. The topological polar surface area (TPSA) is 237 Å². The van der Waals surface area contributed by atoms with Crippen molar-refractivity contribution in [2.75, 3.05) is 39.6 Å². The molecule has 0 spiro atoms. The van der Waals surface area contributed by atoms with E-state index in [-0.39, 0.29) is 25.7 Å². The van der Waals surface area contributed by atoms with Crippen LogP contribution in [0.2, 0.25) is 0 Å². The van der Waals surface area contributed by atoms with Crippen molar-refractivity contribution >= 4 is 39.5 Å². The predicted octanol–water partition coefficient (Wildman–Crippen LogP) is 19.1. The van der Waals surface area contributed by atoms with Gasteiger partial charge in [-0.1, -0.05) is 286 Å². The molecule has 0 heterocycles. The van der Waals surface area contributed by atoms with Gasteiger partial charge in [0.2, 0.25) is 0 Å². The van der Waals surface area contributed by atoms with E-state index in [1.165, 1.54) is 148 Å². The quantitative estimate of drug-likeness (QED) is 0.0222. The van der Waals surface area contributed by atoms with Crippen LogP contribution >= 0.6 is 15.6 Å². The van der Waals surface area contributed by atoms with E-state index in [1.807, 2.05) is 0 Å². The number of rotatable bonds is 66. The molecule has 0 fully saturated rings. The van der Waals surface area contributed by atoms with Gasteiger partial charge in [0.05, 0.1) is 26.4 Å². The van der Waals surface area contributed by atoms with Gasteiger partial charge in [0.15, 0.2) is 12.2 Å². The normalized spacial score (nSPS) is 14.3. The van der Waals surface area contributed by atoms with Crippen molar-refractivity contribution in [3.8, 4) is 0 Å². The smallest absolute Gasteiger partial charge is 0.462 e. The fraction of sp³-hybridized carbons (Fsp3) is 0.941. The molecule has 87 heavy (non-hydrogen) atoms. The highest BCUT2D eigenvalue weighted by Crippen LogP contribution is 2.45. The molecule has 2 unspecified atom stereocenters. The van der Waals surface area contributed by atoms with Crippen LogP contribution in [0.3, 0.4) is 0 Å². The van der Waals surface area contributed by atoms with Gasteiger partial charge in [-0.05, 0) is 43.4 Å². The van der Waals surface area contributed by atoms with Crippen LogP contribution in [0.15, 0.2) is 0 Å². The molecule has 0 aliphatic carbocycles. The van der Waals surface area contributed by atoms with Crippen molar-refractivity contribution in [1.29, 1.82) is 0 Å². The van der Waals surface area contributed by atoms with Crippen LogP contribution in [0.1, 0.15) is 337 Å². The van der Waals surface area contributed by atoms with Gasteiger partial charge in [0.1, 0.15) is 19.3 Å². The highest BCUT2D eigenvalue weighted by atomic mass is 31.2. The second-order valence-corrected chi connectivity index (χ2v) is 28.9. The third-order valence-corrected chi connectivity index (χ3v) is 17.5. The number of hydrogen-bond donors (Lipinski definition) is 3. The maximum atomic E-state index is 13.0. The summed E-state index contributed by atoms with van der Waals surface area (Å²) in [6.45, 7) is 11.7. The number of ether oxygens (including phenoxy) is 4. The van der Waals surface area contributed by atoms with Crippen molar-refractivity contribution in [3.63, 3.8) is 0 Å². The molecule has 0 aromatic rings. The Bertz CT molecular complexity index is 1720. The molecule has 0 radical (unpaired) electrons. The molecule has 0 saturated carbocycles. The molecule has 0 saturated heterocycles. The zero-order valence-electron chi connectivity index (χ0n) is 56.5. The monoisotopic (exact) mass is 1280 g/mol. The van der Waals surface area contributed by atoms with E-state index in [0.717, 1.165) is 108 Å². The Kier molecular flexibility index (Phi) is 57.8. The van der Waals surface area contributed by atoms with Gasteiger partial charge < -0.3 is 33.8 Å². The number of carbonyl (C=O) groups is 4. The number of esters is 4. The van der Waals surface area contributed by atoms with Crippen LogP contribution in [-0.4, -0.2) is 96.7 Å². The molecule has 5 atom stereocenters. The van der Waals surface area contributed by atoms with Gasteiger partial charge in [-0.3, -0.25) is 37.3 Å². The molecule has 0 amide bonds. The van der Waals surface area contributed by atoms with Crippen LogP contribution in [0.4, 0.5) is 0 Å². The van der Waals surface area contributed by atoms with Gasteiger partial charge >= 0.3 is 39.5 Å². The van der Waals surface area contributed by atoms with Gasteiger partial charge in [-0.25, -0.2) is 9.13 Å². The van der Waals surface area contributed by atoms with Crippen molar-refractivity contribution in [1.82, 2.24) is 0 Å². The summed E-state index contributed by atoms with van der Waals surface area (Å²) in [4.78, 5) is 72.4. The first-order chi connectivity index (χ1) is 41.7. The number of aliphatic hydroxyl groups excluding tert-OH is 1. The summed E-state index contributed by atoms with van der Waals surface area (Å²) in [7, 11) is -9.90. The van der Waals surface area contributed by atoms with E-state index in [2.05, 4.69) is 48.5 Å². The van der Waals surface area contributed by atoms with Gasteiger partial charge in [-0.2, -0.15) is 0 Å². The standard InChI is InChI=1S/C68H132O17P2/c1-8-9-10-11-12-13-14-15-16-17-18-30-37-44-51-67(72)84-63(55-78-65(70)49-42-35-28-22-19-25-32-39-46-59(2)3)57-82-86(74,75)80-53-62(69)54-81-87(76,77)83-58-64(85-68(73)52-45-38-31-24-21-27-34-41-48-61(6)7)56-79-66(71)50-43-36-29-23-20-26-33-40-47-60(4)5/h59-64,69H,8-58H2,1-7H3,(H,74,75)(H,76,77)/t62-,63-,64-/m1/s1. The van der Waals surface area contributed by atoms with Crippen LogP contribution in [-0.2, 0) is 65.4 Å². The summed E-state index contributed by atoms with van der Waals surface area (Å²) < 4.78 is 68.2. The number of phosphoric acid groups is 2. The maximum absolute atomic E-state index is 13.0. The first-order valence-corrected chi connectivity index (χ1v) is 38.3.